The summed E-state index contributed by atoms with van der Waals surface area (Å²) in [5.41, 5.74) is 2.67. The highest BCUT2D eigenvalue weighted by Gasteiger charge is 2.10. The van der Waals surface area contributed by atoms with E-state index in [1.807, 2.05) is 31.2 Å². The van der Waals surface area contributed by atoms with Crippen molar-refractivity contribution in [3.8, 4) is 0 Å². The van der Waals surface area contributed by atoms with Crippen LogP contribution in [0.25, 0.3) is 10.9 Å². The molecule has 3 aromatic rings. The maximum atomic E-state index is 12.1. The molecule has 1 amide bonds. The van der Waals surface area contributed by atoms with Gasteiger partial charge in [0.05, 0.1) is 0 Å². The molecule has 2 N–H and O–H groups in total. The molecule has 6 nitrogen and oxygen atoms in total. The van der Waals surface area contributed by atoms with Crippen molar-refractivity contribution in [2.24, 2.45) is 0 Å². The van der Waals surface area contributed by atoms with Crippen LogP contribution in [0.15, 0.2) is 28.8 Å². The van der Waals surface area contributed by atoms with Gasteiger partial charge in [0.25, 0.3) is 5.91 Å². The first kappa shape index (κ1) is 13.4. The van der Waals surface area contributed by atoms with Crippen LogP contribution >= 0.6 is 0 Å². The van der Waals surface area contributed by atoms with E-state index in [1.165, 1.54) is 0 Å². The summed E-state index contributed by atoms with van der Waals surface area (Å²) in [6.07, 6.45) is 0.544. The van der Waals surface area contributed by atoms with Gasteiger partial charge in [-0.25, -0.2) is 0 Å². The first-order valence-corrected chi connectivity index (χ1v) is 6.79. The van der Waals surface area contributed by atoms with Crippen LogP contribution in [0.1, 0.15) is 27.8 Å². The number of fused-ring (bicyclic) bond motifs is 1. The number of H-pyrrole nitrogens is 1. The number of carbonyl (C=O) groups is 1. The fourth-order valence-electron chi connectivity index (χ4n) is 2.26. The fourth-order valence-corrected chi connectivity index (χ4v) is 2.26. The van der Waals surface area contributed by atoms with E-state index in [9.17, 15) is 4.79 Å². The van der Waals surface area contributed by atoms with Gasteiger partial charge in [0.1, 0.15) is 5.69 Å². The molecule has 0 radical (unpaired) electrons. The Bertz CT molecular complexity index is 788. The standard InChI is InChI=1S/C15H16N4O2/c1-9-4-3-5-11-8-12(18-14(9)11)15(20)16-7-6-13-17-10(2)21-19-13/h3-5,8,18H,6-7H2,1-2H3,(H,16,20). The molecular formula is C15H16N4O2. The molecule has 6 heteroatoms. The summed E-state index contributed by atoms with van der Waals surface area (Å²) in [6.45, 7) is 4.22. The Morgan fingerprint density at radius 2 is 2.24 bits per heavy atom. The molecule has 0 saturated heterocycles. The molecule has 0 aliphatic rings. The minimum Gasteiger partial charge on any atom is -0.350 e. The molecular weight excluding hydrogens is 268 g/mol. The minimum atomic E-state index is -0.134. The van der Waals surface area contributed by atoms with Gasteiger partial charge in [-0.3, -0.25) is 4.79 Å². The molecule has 2 aromatic heterocycles. The lowest BCUT2D eigenvalue weighted by molar-refractivity contribution is 0.0949. The summed E-state index contributed by atoms with van der Waals surface area (Å²) in [6, 6.07) is 7.83. The molecule has 0 spiro atoms. The third kappa shape index (κ3) is 2.79. The second-order valence-electron chi connectivity index (χ2n) is 4.96. The third-order valence-corrected chi connectivity index (χ3v) is 3.31. The SMILES string of the molecule is Cc1nc(CCNC(=O)c2cc3cccc(C)c3[nH]2)no1. The first-order valence-electron chi connectivity index (χ1n) is 6.79. The molecule has 0 saturated carbocycles. The lowest BCUT2D eigenvalue weighted by Gasteiger charge is -2.01. The van der Waals surface area contributed by atoms with Gasteiger partial charge in [-0.2, -0.15) is 4.98 Å². The van der Waals surface area contributed by atoms with Crippen LogP contribution in [-0.2, 0) is 6.42 Å². The lowest BCUT2D eigenvalue weighted by Crippen LogP contribution is -2.26. The van der Waals surface area contributed by atoms with Gasteiger partial charge in [-0.15, -0.1) is 0 Å². The zero-order chi connectivity index (χ0) is 14.8. The van der Waals surface area contributed by atoms with Crippen LogP contribution in [-0.4, -0.2) is 27.6 Å². The van der Waals surface area contributed by atoms with Crippen molar-refractivity contribution in [1.82, 2.24) is 20.4 Å². The number of rotatable bonds is 4. The summed E-state index contributed by atoms with van der Waals surface area (Å²) in [7, 11) is 0. The number of nitrogens with zero attached hydrogens (tertiary/aromatic N) is 2. The topological polar surface area (TPSA) is 83.8 Å². The lowest BCUT2D eigenvalue weighted by atomic mass is 10.2. The van der Waals surface area contributed by atoms with E-state index in [1.54, 1.807) is 6.92 Å². The van der Waals surface area contributed by atoms with E-state index in [0.717, 1.165) is 16.5 Å². The van der Waals surface area contributed by atoms with Gasteiger partial charge in [0.15, 0.2) is 5.82 Å². The Labute approximate surface area is 121 Å². The van der Waals surface area contributed by atoms with Crippen molar-refractivity contribution in [2.45, 2.75) is 20.3 Å². The van der Waals surface area contributed by atoms with E-state index in [2.05, 4.69) is 20.4 Å². The Morgan fingerprint density at radius 1 is 1.38 bits per heavy atom. The van der Waals surface area contributed by atoms with Crippen molar-refractivity contribution in [1.29, 1.82) is 0 Å². The number of benzene rings is 1. The summed E-state index contributed by atoms with van der Waals surface area (Å²) in [4.78, 5) is 19.4. The molecule has 1 aromatic carbocycles. The van der Waals surface area contributed by atoms with Gasteiger partial charge >= 0.3 is 0 Å². The van der Waals surface area contributed by atoms with Gasteiger partial charge in [-0.1, -0.05) is 23.4 Å². The van der Waals surface area contributed by atoms with E-state index >= 15 is 0 Å². The van der Waals surface area contributed by atoms with E-state index in [0.29, 0.717) is 30.4 Å². The van der Waals surface area contributed by atoms with Gasteiger partial charge < -0.3 is 14.8 Å². The smallest absolute Gasteiger partial charge is 0.267 e. The second-order valence-corrected chi connectivity index (χ2v) is 4.96. The average Bonchev–Trinajstić information content (AvgIpc) is 3.06. The molecule has 108 valence electrons. The Morgan fingerprint density at radius 3 is 2.95 bits per heavy atom. The first-order chi connectivity index (χ1) is 10.1. The highest BCUT2D eigenvalue weighted by molar-refractivity contribution is 5.98. The number of aryl methyl sites for hydroxylation is 2. The van der Waals surface area contributed by atoms with E-state index in [-0.39, 0.29) is 5.91 Å². The fraction of sp³-hybridized carbons (Fsp3) is 0.267. The number of aromatic amines is 1. The second kappa shape index (κ2) is 5.40. The number of amides is 1. The predicted molar refractivity (Wildman–Crippen MR) is 78.1 cm³/mol. The summed E-state index contributed by atoms with van der Waals surface area (Å²) in [5.74, 6) is 0.994. The van der Waals surface area contributed by atoms with E-state index in [4.69, 9.17) is 4.52 Å². The monoisotopic (exact) mass is 284 g/mol. The molecule has 0 aliphatic carbocycles. The van der Waals surface area contributed by atoms with Crippen molar-refractivity contribution in [2.75, 3.05) is 6.54 Å². The Balaban J connectivity index is 1.65. The zero-order valence-corrected chi connectivity index (χ0v) is 11.9. The molecule has 3 rings (SSSR count). The van der Waals surface area contributed by atoms with E-state index < -0.39 is 0 Å². The number of nitrogens with one attached hydrogen (secondary N) is 2. The van der Waals surface area contributed by atoms with Gasteiger partial charge in [0, 0.05) is 30.8 Å². The van der Waals surface area contributed by atoms with Crippen LogP contribution in [0.2, 0.25) is 0 Å². The average molecular weight is 284 g/mol. The number of hydrogen-bond acceptors (Lipinski definition) is 4. The number of para-hydroxylation sites is 1. The van der Waals surface area contributed by atoms with Crippen molar-refractivity contribution < 1.29 is 9.32 Å². The zero-order valence-electron chi connectivity index (χ0n) is 11.9. The van der Waals surface area contributed by atoms with Crippen molar-refractivity contribution in [3.63, 3.8) is 0 Å². The maximum Gasteiger partial charge on any atom is 0.267 e. The number of carbonyl (C=O) groups excluding carboxylic acids is 1. The van der Waals surface area contributed by atoms with Crippen LogP contribution in [0.3, 0.4) is 0 Å². The molecule has 0 unspecified atom stereocenters. The van der Waals surface area contributed by atoms with Crippen LogP contribution in [0, 0.1) is 13.8 Å². The Hall–Kier alpha value is -2.63. The maximum absolute atomic E-state index is 12.1. The van der Waals surface area contributed by atoms with Crippen LogP contribution in [0.4, 0.5) is 0 Å². The van der Waals surface area contributed by atoms with Crippen LogP contribution < -0.4 is 5.32 Å². The molecule has 2 heterocycles. The quantitative estimate of drug-likeness (QED) is 0.768. The largest absolute Gasteiger partial charge is 0.350 e. The van der Waals surface area contributed by atoms with Crippen molar-refractivity contribution in [3.05, 3.63) is 47.2 Å². The summed E-state index contributed by atoms with van der Waals surface area (Å²) < 4.78 is 4.88. The number of hydrogen-bond donors (Lipinski definition) is 2. The third-order valence-electron chi connectivity index (χ3n) is 3.31. The highest BCUT2D eigenvalue weighted by atomic mass is 16.5. The van der Waals surface area contributed by atoms with Gasteiger partial charge in [-0.05, 0) is 18.6 Å². The molecule has 0 fully saturated rings. The van der Waals surface area contributed by atoms with Gasteiger partial charge in [0.2, 0.25) is 5.89 Å². The molecule has 21 heavy (non-hydrogen) atoms. The highest BCUT2D eigenvalue weighted by Crippen LogP contribution is 2.18. The van der Waals surface area contributed by atoms with Crippen molar-refractivity contribution >= 4 is 16.8 Å². The number of aromatic nitrogens is 3. The van der Waals surface area contributed by atoms with Crippen LogP contribution in [0.5, 0.6) is 0 Å². The molecule has 0 aliphatic heterocycles. The minimum absolute atomic E-state index is 0.134. The summed E-state index contributed by atoms with van der Waals surface area (Å²) >= 11 is 0. The molecule has 0 atom stereocenters. The Kier molecular flexibility index (Phi) is 3.43. The molecule has 0 bridgehead atoms. The summed E-state index contributed by atoms with van der Waals surface area (Å²) in [5, 5.41) is 7.67. The predicted octanol–water partition coefficient (Wildman–Crippen LogP) is 2.14. The normalized spacial score (nSPS) is 11.0.